The van der Waals surface area contributed by atoms with Gasteiger partial charge in [-0.25, -0.2) is 4.98 Å². The van der Waals surface area contributed by atoms with E-state index in [0.717, 1.165) is 21.9 Å². The Morgan fingerprint density at radius 2 is 1.83 bits per heavy atom. The van der Waals surface area contributed by atoms with Crippen molar-refractivity contribution in [1.82, 2.24) is 9.97 Å². The molecule has 1 amide bonds. The molecule has 0 radical (unpaired) electrons. The second kappa shape index (κ2) is 6.46. The summed E-state index contributed by atoms with van der Waals surface area (Å²) in [5, 5.41) is 3.45. The fourth-order valence-corrected chi connectivity index (χ4v) is 3.08. The lowest BCUT2D eigenvalue weighted by Gasteiger charge is -2.10. The number of rotatable bonds is 4. The number of hydrogen-bond acceptors (Lipinski definition) is 3. The van der Waals surface area contributed by atoms with E-state index in [0.29, 0.717) is 0 Å². The van der Waals surface area contributed by atoms with Crippen LogP contribution in [0.5, 0.6) is 0 Å². The molecule has 4 nitrogen and oxygen atoms in total. The highest BCUT2D eigenvalue weighted by Crippen LogP contribution is 2.24. The van der Waals surface area contributed by atoms with E-state index in [1.165, 1.54) is 22.9 Å². The van der Waals surface area contributed by atoms with E-state index in [4.69, 9.17) is 0 Å². The largest absolute Gasteiger partial charge is 0.333 e. The molecule has 23 heavy (non-hydrogen) atoms. The first-order valence-electron chi connectivity index (χ1n) is 7.52. The summed E-state index contributed by atoms with van der Waals surface area (Å²) in [5.41, 5.74) is 5.09. The lowest BCUT2D eigenvalue weighted by molar-refractivity contribution is -0.115. The normalized spacial score (nSPS) is 12.3. The van der Waals surface area contributed by atoms with Gasteiger partial charge >= 0.3 is 0 Å². The second-order valence-corrected chi connectivity index (χ2v) is 7.01. The molecule has 1 aromatic heterocycles. The topological polar surface area (TPSA) is 57.8 Å². The van der Waals surface area contributed by atoms with Crippen LogP contribution in [-0.4, -0.2) is 21.1 Å². The van der Waals surface area contributed by atoms with Crippen molar-refractivity contribution in [3.8, 4) is 0 Å². The second-order valence-electron chi connectivity index (χ2n) is 5.68. The van der Waals surface area contributed by atoms with Crippen molar-refractivity contribution in [2.24, 2.45) is 0 Å². The van der Waals surface area contributed by atoms with E-state index in [-0.39, 0.29) is 11.2 Å². The van der Waals surface area contributed by atoms with E-state index < -0.39 is 0 Å². The Morgan fingerprint density at radius 3 is 2.57 bits per heavy atom. The van der Waals surface area contributed by atoms with Gasteiger partial charge in [-0.05, 0) is 50.6 Å². The number of imidazole rings is 1. The van der Waals surface area contributed by atoms with Crippen LogP contribution in [0.2, 0.25) is 0 Å². The predicted octanol–water partition coefficient (Wildman–Crippen LogP) is 4.30. The summed E-state index contributed by atoms with van der Waals surface area (Å²) in [6, 6.07) is 13.9. The van der Waals surface area contributed by atoms with Crippen LogP contribution in [0.25, 0.3) is 11.0 Å². The summed E-state index contributed by atoms with van der Waals surface area (Å²) in [5.74, 6) is -0.0320. The lowest BCUT2D eigenvalue weighted by atomic mass is 10.2. The van der Waals surface area contributed by atoms with Crippen LogP contribution in [0.15, 0.2) is 47.6 Å². The third-order valence-corrected chi connectivity index (χ3v) is 4.58. The van der Waals surface area contributed by atoms with Crippen molar-refractivity contribution in [3.63, 3.8) is 0 Å². The van der Waals surface area contributed by atoms with Crippen LogP contribution >= 0.6 is 11.8 Å². The molecule has 0 aliphatic rings. The molecule has 1 atom stereocenters. The first-order chi connectivity index (χ1) is 11.0. The van der Waals surface area contributed by atoms with Gasteiger partial charge in [0.15, 0.2) is 5.16 Å². The number of nitrogens with zero attached hydrogens (tertiary/aromatic N) is 1. The van der Waals surface area contributed by atoms with Gasteiger partial charge in [-0.2, -0.15) is 0 Å². The highest BCUT2D eigenvalue weighted by atomic mass is 32.2. The monoisotopic (exact) mass is 325 g/mol. The number of aromatic nitrogens is 2. The van der Waals surface area contributed by atoms with Gasteiger partial charge in [-0.15, -0.1) is 0 Å². The molecule has 0 bridgehead atoms. The van der Waals surface area contributed by atoms with Crippen molar-refractivity contribution in [3.05, 3.63) is 53.6 Å². The van der Waals surface area contributed by atoms with Gasteiger partial charge in [0, 0.05) is 5.69 Å². The van der Waals surface area contributed by atoms with E-state index in [2.05, 4.69) is 21.4 Å². The van der Waals surface area contributed by atoms with E-state index in [9.17, 15) is 4.79 Å². The highest BCUT2D eigenvalue weighted by Gasteiger charge is 2.16. The maximum absolute atomic E-state index is 12.3. The third kappa shape index (κ3) is 3.74. The number of aromatic amines is 1. The van der Waals surface area contributed by atoms with Crippen molar-refractivity contribution < 1.29 is 4.79 Å². The summed E-state index contributed by atoms with van der Waals surface area (Å²) in [4.78, 5) is 20.1. The fraction of sp³-hybridized carbons (Fsp3) is 0.222. The van der Waals surface area contributed by atoms with Gasteiger partial charge in [0.25, 0.3) is 0 Å². The van der Waals surface area contributed by atoms with Crippen molar-refractivity contribution in [2.45, 2.75) is 31.2 Å². The van der Waals surface area contributed by atoms with Gasteiger partial charge in [-0.3, -0.25) is 4.79 Å². The average Bonchev–Trinajstić information content (AvgIpc) is 2.90. The third-order valence-electron chi connectivity index (χ3n) is 3.59. The molecule has 0 spiro atoms. The molecule has 3 aromatic rings. The number of carbonyl (C=O) groups excluding carboxylic acids is 1. The van der Waals surface area contributed by atoms with Gasteiger partial charge in [-0.1, -0.05) is 35.5 Å². The maximum atomic E-state index is 12.3. The molecule has 0 saturated carbocycles. The quantitative estimate of drug-likeness (QED) is 0.703. The van der Waals surface area contributed by atoms with Crippen LogP contribution in [0.1, 0.15) is 18.1 Å². The molecule has 2 N–H and O–H groups in total. The zero-order valence-electron chi connectivity index (χ0n) is 13.4. The predicted molar refractivity (Wildman–Crippen MR) is 96.0 cm³/mol. The Hall–Kier alpha value is -2.27. The Labute approximate surface area is 139 Å². The molecule has 118 valence electrons. The minimum atomic E-state index is -0.238. The number of thioether (sulfide) groups is 1. The number of H-pyrrole nitrogens is 1. The van der Waals surface area contributed by atoms with Crippen molar-refractivity contribution in [2.75, 3.05) is 5.32 Å². The SMILES string of the molecule is Cc1ccc(NC(=O)[C@H](C)Sc2nc3ccc(C)cc3[nH]2)cc1. The maximum Gasteiger partial charge on any atom is 0.237 e. The van der Waals surface area contributed by atoms with E-state index >= 15 is 0 Å². The Bertz CT molecular complexity index is 839. The van der Waals surface area contributed by atoms with Gasteiger partial charge < -0.3 is 10.3 Å². The first kappa shape index (κ1) is 15.6. The van der Waals surface area contributed by atoms with Crippen molar-refractivity contribution >= 4 is 34.4 Å². The molecule has 0 saturated heterocycles. The van der Waals surface area contributed by atoms with Crippen LogP contribution in [0.4, 0.5) is 5.69 Å². The number of anilines is 1. The zero-order chi connectivity index (χ0) is 16.4. The smallest absolute Gasteiger partial charge is 0.237 e. The molecule has 0 aliphatic heterocycles. The number of fused-ring (bicyclic) bond motifs is 1. The standard InChI is InChI=1S/C18H19N3OS/c1-11-4-7-14(8-5-11)19-17(22)13(3)23-18-20-15-9-6-12(2)10-16(15)21-18/h4-10,13H,1-3H3,(H,19,22)(H,20,21)/t13-/m0/s1. The van der Waals surface area contributed by atoms with Gasteiger partial charge in [0.05, 0.1) is 16.3 Å². The molecular formula is C18H19N3OS. The summed E-state index contributed by atoms with van der Waals surface area (Å²) < 4.78 is 0. The molecular weight excluding hydrogens is 306 g/mol. The lowest BCUT2D eigenvalue weighted by Crippen LogP contribution is -2.22. The number of hydrogen-bond donors (Lipinski definition) is 2. The van der Waals surface area contributed by atoms with Crippen LogP contribution < -0.4 is 5.32 Å². The van der Waals surface area contributed by atoms with Crippen LogP contribution in [0.3, 0.4) is 0 Å². The molecule has 0 aliphatic carbocycles. The summed E-state index contributed by atoms with van der Waals surface area (Å²) in [6.07, 6.45) is 0. The molecule has 0 unspecified atom stereocenters. The summed E-state index contributed by atoms with van der Waals surface area (Å²) >= 11 is 1.43. The number of amides is 1. The number of carbonyl (C=O) groups is 1. The molecule has 2 aromatic carbocycles. The molecule has 1 heterocycles. The average molecular weight is 325 g/mol. The van der Waals surface area contributed by atoms with Gasteiger partial charge in [0.1, 0.15) is 0 Å². The zero-order valence-corrected chi connectivity index (χ0v) is 14.2. The van der Waals surface area contributed by atoms with Crippen LogP contribution in [0, 0.1) is 13.8 Å². The van der Waals surface area contributed by atoms with Gasteiger partial charge in [0.2, 0.25) is 5.91 Å². The van der Waals surface area contributed by atoms with Crippen LogP contribution in [-0.2, 0) is 4.79 Å². The minimum absolute atomic E-state index is 0.0320. The fourth-order valence-electron chi connectivity index (χ4n) is 2.26. The Morgan fingerprint density at radius 1 is 1.13 bits per heavy atom. The van der Waals surface area contributed by atoms with E-state index in [1.807, 2.05) is 57.2 Å². The summed E-state index contributed by atoms with van der Waals surface area (Å²) in [7, 11) is 0. The highest BCUT2D eigenvalue weighted by molar-refractivity contribution is 8.00. The number of nitrogens with one attached hydrogen (secondary N) is 2. The Kier molecular flexibility index (Phi) is 4.39. The summed E-state index contributed by atoms with van der Waals surface area (Å²) in [6.45, 7) is 5.95. The Balaban J connectivity index is 1.68. The number of aryl methyl sites for hydroxylation is 2. The first-order valence-corrected chi connectivity index (χ1v) is 8.40. The van der Waals surface area contributed by atoms with E-state index in [1.54, 1.807) is 0 Å². The molecule has 0 fully saturated rings. The minimum Gasteiger partial charge on any atom is -0.333 e. The molecule has 3 rings (SSSR count). The van der Waals surface area contributed by atoms with Crippen molar-refractivity contribution in [1.29, 1.82) is 0 Å². The molecule has 5 heteroatoms. The number of benzene rings is 2.